The molecular weight excluding hydrogens is 340 g/mol. The first-order valence-electron chi connectivity index (χ1n) is 9.99. The number of ether oxygens (including phenoxy) is 2. The maximum atomic E-state index is 6.04. The Balaban J connectivity index is 1.26. The van der Waals surface area contributed by atoms with Gasteiger partial charge in [-0.3, -0.25) is 0 Å². The maximum absolute atomic E-state index is 6.04. The Morgan fingerprint density at radius 3 is 2.81 bits per heavy atom. The van der Waals surface area contributed by atoms with E-state index in [9.17, 15) is 0 Å². The molecule has 0 aliphatic carbocycles. The van der Waals surface area contributed by atoms with Crippen molar-refractivity contribution in [3.05, 3.63) is 42.4 Å². The standard InChI is InChI=1S/C21H28N4O2/c1-2-5-16-12-22-15-24-21(16)25-10-8-17(9-11-25)23-13-18-14-26-19-6-3-4-7-20(19)27-18/h3-4,6-7,12,15,17-18,23H,2,5,8-11,13-14H2,1H3. The number of anilines is 1. The lowest BCUT2D eigenvalue weighted by Gasteiger charge is -2.35. The number of hydrogen-bond acceptors (Lipinski definition) is 6. The Kier molecular flexibility index (Phi) is 5.72. The number of para-hydroxylation sites is 2. The van der Waals surface area contributed by atoms with Crippen LogP contribution in [-0.4, -0.2) is 48.4 Å². The highest BCUT2D eigenvalue weighted by molar-refractivity contribution is 5.46. The summed E-state index contributed by atoms with van der Waals surface area (Å²) in [5.41, 5.74) is 1.26. The summed E-state index contributed by atoms with van der Waals surface area (Å²) >= 11 is 0. The van der Waals surface area contributed by atoms with E-state index >= 15 is 0 Å². The lowest BCUT2D eigenvalue weighted by molar-refractivity contribution is 0.0873. The quantitative estimate of drug-likeness (QED) is 0.846. The molecule has 0 radical (unpaired) electrons. The number of hydrogen-bond donors (Lipinski definition) is 1. The second-order valence-corrected chi connectivity index (χ2v) is 7.29. The minimum atomic E-state index is 0.0657. The zero-order valence-electron chi connectivity index (χ0n) is 15.9. The third kappa shape index (κ3) is 4.33. The largest absolute Gasteiger partial charge is 0.486 e. The molecule has 1 N–H and O–H groups in total. The van der Waals surface area contributed by atoms with Crippen molar-refractivity contribution < 1.29 is 9.47 Å². The molecule has 1 atom stereocenters. The second kappa shape index (κ2) is 8.57. The van der Waals surface area contributed by atoms with Gasteiger partial charge in [-0.25, -0.2) is 9.97 Å². The summed E-state index contributed by atoms with van der Waals surface area (Å²) in [6.45, 7) is 5.66. The van der Waals surface area contributed by atoms with Crippen molar-refractivity contribution in [1.82, 2.24) is 15.3 Å². The number of rotatable bonds is 6. The molecule has 1 fully saturated rings. The topological polar surface area (TPSA) is 59.5 Å². The van der Waals surface area contributed by atoms with E-state index in [-0.39, 0.29) is 6.10 Å². The summed E-state index contributed by atoms with van der Waals surface area (Å²) in [5.74, 6) is 2.80. The molecule has 0 amide bonds. The van der Waals surface area contributed by atoms with Gasteiger partial charge in [0.1, 0.15) is 24.9 Å². The van der Waals surface area contributed by atoms with E-state index in [1.165, 1.54) is 5.56 Å². The molecule has 6 heteroatoms. The van der Waals surface area contributed by atoms with Crippen molar-refractivity contribution >= 4 is 5.82 Å². The highest BCUT2D eigenvalue weighted by atomic mass is 16.6. The monoisotopic (exact) mass is 368 g/mol. The first-order valence-corrected chi connectivity index (χ1v) is 9.99. The van der Waals surface area contributed by atoms with Gasteiger partial charge in [-0.15, -0.1) is 0 Å². The van der Waals surface area contributed by atoms with Crippen LogP contribution in [0.5, 0.6) is 11.5 Å². The number of nitrogens with zero attached hydrogens (tertiary/aromatic N) is 3. The van der Waals surface area contributed by atoms with E-state index in [0.717, 1.165) is 62.6 Å². The van der Waals surface area contributed by atoms with Gasteiger partial charge in [-0.05, 0) is 31.4 Å². The highest BCUT2D eigenvalue weighted by Gasteiger charge is 2.25. The van der Waals surface area contributed by atoms with Gasteiger partial charge in [0, 0.05) is 37.4 Å². The first kappa shape index (κ1) is 18.0. The molecule has 1 aromatic carbocycles. The van der Waals surface area contributed by atoms with Crippen molar-refractivity contribution in [3.8, 4) is 11.5 Å². The fourth-order valence-electron chi connectivity index (χ4n) is 3.84. The highest BCUT2D eigenvalue weighted by Crippen LogP contribution is 2.30. The summed E-state index contributed by atoms with van der Waals surface area (Å²) in [6.07, 6.45) is 8.07. The molecule has 1 saturated heterocycles. The zero-order valence-corrected chi connectivity index (χ0v) is 15.9. The van der Waals surface area contributed by atoms with Crippen LogP contribution >= 0.6 is 0 Å². The summed E-state index contributed by atoms with van der Waals surface area (Å²) in [5, 5.41) is 3.67. The molecule has 2 aromatic rings. The van der Waals surface area contributed by atoms with Crippen LogP contribution in [0, 0.1) is 0 Å². The summed E-state index contributed by atoms with van der Waals surface area (Å²) in [7, 11) is 0. The van der Waals surface area contributed by atoms with Crippen LogP contribution in [0.1, 0.15) is 31.7 Å². The molecule has 0 bridgehead atoms. The van der Waals surface area contributed by atoms with Gasteiger partial charge in [0.05, 0.1) is 0 Å². The van der Waals surface area contributed by atoms with E-state index in [4.69, 9.17) is 9.47 Å². The van der Waals surface area contributed by atoms with Gasteiger partial charge < -0.3 is 19.7 Å². The van der Waals surface area contributed by atoms with Gasteiger partial charge in [-0.1, -0.05) is 25.5 Å². The summed E-state index contributed by atoms with van der Waals surface area (Å²) in [4.78, 5) is 11.1. The summed E-state index contributed by atoms with van der Waals surface area (Å²) < 4.78 is 11.8. The Bertz CT molecular complexity index is 746. The van der Waals surface area contributed by atoms with Crippen LogP contribution < -0.4 is 19.7 Å². The average molecular weight is 368 g/mol. The van der Waals surface area contributed by atoms with E-state index in [0.29, 0.717) is 12.6 Å². The van der Waals surface area contributed by atoms with Crippen molar-refractivity contribution in [2.45, 2.75) is 44.8 Å². The van der Waals surface area contributed by atoms with E-state index in [1.807, 2.05) is 30.5 Å². The third-order valence-corrected chi connectivity index (χ3v) is 5.28. The lowest BCUT2D eigenvalue weighted by Crippen LogP contribution is -2.47. The molecule has 2 aliphatic heterocycles. The van der Waals surface area contributed by atoms with E-state index in [1.54, 1.807) is 6.33 Å². The Morgan fingerprint density at radius 1 is 1.19 bits per heavy atom. The molecule has 4 rings (SSSR count). The van der Waals surface area contributed by atoms with Crippen LogP contribution in [0.25, 0.3) is 0 Å². The Hall–Kier alpha value is -2.34. The Labute approximate surface area is 160 Å². The first-order chi connectivity index (χ1) is 13.3. The second-order valence-electron chi connectivity index (χ2n) is 7.29. The van der Waals surface area contributed by atoms with E-state index < -0.39 is 0 Å². The van der Waals surface area contributed by atoms with Crippen LogP contribution in [0.4, 0.5) is 5.82 Å². The molecular formula is C21H28N4O2. The van der Waals surface area contributed by atoms with Crippen LogP contribution in [0.3, 0.4) is 0 Å². The summed E-state index contributed by atoms with van der Waals surface area (Å²) in [6, 6.07) is 8.38. The predicted octanol–water partition coefficient (Wildman–Crippen LogP) is 2.83. The van der Waals surface area contributed by atoms with Gasteiger partial charge >= 0.3 is 0 Å². The number of benzene rings is 1. The normalized spacial score (nSPS) is 19.9. The van der Waals surface area contributed by atoms with Crippen molar-refractivity contribution in [3.63, 3.8) is 0 Å². The van der Waals surface area contributed by atoms with Gasteiger partial charge in [0.2, 0.25) is 0 Å². The van der Waals surface area contributed by atoms with Gasteiger partial charge in [-0.2, -0.15) is 0 Å². The number of aryl methyl sites for hydroxylation is 1. The van der Waals surface area contributed by atoms with Crippen LogP contribution in [0.15, 0.2) is 36.8 Å². The van der Waals surface area contributed by atoms with Crippen LogP contribution in [-0.2, 0) is 6.42 Å². The maximum Gasteiger partial charge on any atom is 0.161 e. The molecule has 0 saturated carbocycles. The Morgan fingerprint density at radius 2 is 2.00 bits per heavy atom. The number of piperidine rings is 1. The molecule has 27 heavy (non-hydrogen) atoms. The van der Waals surface area contributed by atoms with Crippen molar-refractivity contribution in [1.29, 1.82) is 0 Å². The van der Waals surface area contributed by atoms with E-state index in [2.05, 4.69) is 27.1 Å². The molecule has 1 aromatic heterocycles. The van der Waals surface area contributed by atoms with Gasteiger partial charge in [0.15, 0.2) is 11.5 Å². The molecule has 2 aliphatic rings. The molecule has 6 nitrogen and oxygen atoms in total. The predicted molar refractivity (Wildman–Crippen MR) is 106 cm³/mol. The minimum absolute atomic E-state index is 0.0657. The molecule has 3 heterocycles. The van der Waals surface area contributed by atoms with Crippen LogP contribution in [0.2, 0.25) is 0 Å². The smallest absolute Gasteiger partial charge is 0.161 e. The molecule has 1 unspecified atom stereocenters. The minimum Gasteiger partial charge on any atom is -0.486 e. The lowest BCUT2D eigenvalue weighted by atomic mass is 10.0. The number of fused-ring (bicyclic) bond motifs is 1. The SMILES string of the molecule is CCCc1cncnc1N1CCC(NCC2COc3ccccc3O2)CC1. The average Bonchev–Trinajstić information content (AvgIpc) is 2.73. The number of aromatic nitrogens is 2. The van der Waals surface area contributed by atoms with Crippen molar-refractivity contribution in [2.24, 2.45) is 0 Å². The molecule has 0 spiro atoms. The van der Waals surface area contributed by atoms with Crippen molar-refractivity contribution in [2.75, 3.05) is 31.1 Å². The fourth-order valence-corrected chi connectivity index (χ4v) is 3.84. The fraction of sp³-hybridized carbons (Fsp3) is 0.524. The number of nitrogens with one attached hydrogen (secondary N) is 1. The zero-order chi connectivity index (χ0) is 18.5. The molecule has 144 valence electrons. The van der Waals surface area contributed by atoms with Gasteiger partial charge in [0.25, 0.3) is 0 Å². The third-order valence-electron chi connectivity index (χ3n) is 5.28.